The third-order valence-corrected chi connectivity index (χ3v) is 5.31. The number of benzene rings is 1. The van der Waals surface area contributed by atoms with Crippen molar-refractivity contribution < 1.29 is 9.47 Å². The number of methoxy groups -OCH3 is 1. The van der Waals surface area contributed by atoms with Gasteiger partial charge in [-0.15, -0.1) is 0 Å². The lowest BCUT2D eigenvalue weighted by Gasteiger charge is -2.37. The Morgan fingerprint density at radius 2 is 1.36 bits per heavy atom. The SMILES string of the molecule is COc1ccc(C2C3=C(CCCC3)OC3=C2CCCC3)cc1. The first-order chi connectivity index (χ1) is 10.9. The first kappa shape index (κ1) is 13.9. The molecule has 0 N–H and O–H groups in total. The standard InChI is InChI=1S/C20H24O2/c1-21-15-12-10-14(11-13-15)20-16-6-2-4-8-18(16)22-19-9-5-3-7-17(19)20/h10-13,20H,2-9H2,1H3. The minimum atomic E-state index is 0.463. The molecule has 1 aliphatic heterocycles. The van der Waals surface area contributed by atoms with E-state index in [0.717, 1.165) is 18.6 Å². The van der Waals surface area contributed by atoms with Crippen LogP contribution >= 0.6 is 0 Å². The lowest BCUT2D eigenvalue weighted by atomic mass is 9.74. The van der Waals surface area contributed by atoms with Crippen molar-refractivity contribution in [2.75, 3.05) is 7.11 Å². The summed E-state index contributed by atoms with van der Waals surface area (Å²) in [4.78, 5) is 0. The van der Waals surface area contributed by atoms with E-state index < -0.39 is 0 Å². The van der Waals surface area contributed by atoms with Crippen molar-refractivity contribution in [3.63, 3.8) is 0 Å². The molecule has 0 bridgehead atoms. The Bertz CT molecular complexity index is 590. The number of allylic oxidation sites excluding steroid dienone is 4. The predicted molar refractivity (Wildman–Crippen MR) is 87.8 cm³/mol. The number of rotatable bonds is 2. The number of hydrogen-bond donors (Lipinski definition) is 0. The van der Waals surface area contributed by atoms with Crippen LogP contribution in [0.5, 0.6) is 5.75 Å². The van der Waals surface area contributed by atoms with Gasteiger partial charge in [0.2, 0.25) is 0 Å². The summed E-state index contributed by atoms with van der Waals surface area (Å²) in [7, 11) is 1.73. The van der Waals surface area contributed by atoms with Crippen LogP contribution in [0.3, 0.4) is 0 Å². The zero-order valence-corrected chi connectivity index (χ0v) is 13.4. The van der Waals surface area contributed by atoms with Crippen LogP contribution in [0.25, 0.3) is 0 Å². The van der Waals surface area contributed by atoms with Gasteiger partial charge in [0.05, 0.1) is 7.11 Å². The molecule has 2 nitrogen and oxygen atoms in total. The van der Waals surface area contributed by atoms with Gasteiger partial charge < -0.3 is 9.47 Å². The summed E-state index contributed by atoms with van der Waals surface area (Å²) in [5.41, 5.74) is 4.52. The zero-order chi connectivity index (χ0) is 14.9. The van der Waals surface area contributed by atoms with Gasteiger partial charge >= 0.3 is 0 Å². The van der Waals surface area contributed by atoms with Crippen LogP contribution in [0.2, 0.25) is 0 Å². The Morgan fingerprint density at radius 3 is 1.91 bits per heavy atom. The fraction of sp³-hybridized carbons (Fsp3) is 0.500. The molecule has 1 aromatic rings. The first-order valence-electron chi connectivity index (χ1n) is 8.62. The molecule has 0 fully saturated rings. The van der Waals surface area contributed by atoms with E-state index in [1.54, 1.807) is 18.3 Å². The third kappa shape index (κ3) is 2.35. The molecule has 0 saturated heterocycles. The normalized spacial score (nSPS) is 22.0. The summed E-state index contributed by atoms with van der Waals surface area (Å²) in [6.45, 7) is 0. The molecular weight excluding hydrogens is 272 g/mol. The van der Waals surface area contributed by atoms with Gasteiger partial charge in [-0.1, -0.05) is 12.1 Å². The van der Waals surface area contributed by atoms with E-state index in [1.807, 2.05) is 0 Å². The van der Waals surface area contributed by atoms with Gasteiger partial charge in [0, 0.05) is 18.8 Å². The number of ether oxygens (including phenoxy) is 2. The second kappa shape index (κ2) is 5.83. The molecule has 1 aromatic carbocycles. The molecule has 1 heterocycles. The molecule has 0 spiro atoms. The van der Waals surface area contributed by atoms with Gasteiger partial charge in [0.15, 0.2) is 0 Å². The van der Waals surface area contributed by atoms with E-state index in [0.29, 0.717) is 5.92 Å². The van der Waals surface area contributed by atoms with Crippen LogP contribution in [0.4, 0.5) is 0 Å². The molecule has 0 amide bonds. The molecule has 22 heavy (non-hydrogen) atoms. The van der Waals surface area contributed by atoms with Crippen molar-refractivity contribution in [1.82, 2.24) is 0 Å². The van der Waals surface area contributed by atoms with Crippen molar-refractivity contribution in [3.05, 3.63) is 52.5 Å². The van der Waals surface area contributed by atoms with E-state index >= 15 is 0 Å². The predicted octanol–water partition coefficient (Wildman–Crippen LogP) is 5.47. The van der Waals surface area contributed by atoms with E-state index in [4.69, 9.17) is 9.47 Å². The van der Waals surface area contributed by atoms with Crippen LogP contribution < -0.4 is 4.74 Å². The van der Waals surface area contributed by atoms with E-state index in [1.165, 1.54) is 55.6 Å². The summed E-state index contributed by atoms with van der Waals surface area (Å²) in [5.74, 6) is 3.97. The average Bonchev–Trinajstić information content (AvgIpc) is 2.60. The maximum absolute atomic E-state index is 6.33. The summed E-state index contributed by atoms with van der Waals surface area (Å²) in [5, 5.41) is 0. The summed E-state index contributed by atoms with van der Waals surface area (Å²) in [6, 6.07) is 8.67. The van der Waals surface area contributed by atoms with Gasteiger partial charge in [0.25, 0.3) is 0 Å². The van der Waals surface area contributed by atoms with Crippen molar-refractivity contribution in [2.24, 2.45) is 0 Å². The average molecular weight is 296 g/mol. The van der Waals surface area contributed by atoms with Gasteiger partial charge in [-0.2, -0.15) is 0 Å². The fourth-order valence-electron chi connectivity index (χ4n) is 4.20. The molecule has 2 aliphatic carbocycles. The second-order valence-corrected chi connectivity index (χ2v) is 6.62. The lowest BCUT2D eigenvalue weighted by Crippen LogP contribution is -2.21. The van der Waals surface area contributed by atoms with Crippen molar-refractivity contribution in [2.45, 2.75) is 57.3 Å². The maximum atomic E-state index is 6.33. The highest BCUT2D eigenvalue weighted by molar-refractivity contribution is 5.46. The smallest absolute Gasteiger partial charge is 0.118 e. The molecule has 0 aromatic heterocycles. The lowest BCUT2D eigenvalue weighted by molar-refractivity contribution is 0.228. The Labute approximate surface area is 132 Å². The molecular formula is C20H24O2. The highest BCUT2D eigenvalue weighted by Gasteiger charge is 2.34. The first-order valence-corrected chi connectivity index (χ1v) is 8.62. The third-order valence-electron chi connectivity index (χ3n) is 5.31. The van der Waals surface area contributed by atoms with E-state index in [9.17, 15) is 0 Å². The topological polar surface area (TPSA) is 18.5 Å². The van der Waals surface area contributed by atoms with Gasteiger partial charge in [-0.05, 0) is 67.4 Å². The van der Waals surface area contributed by atoms with Crippen LogP contribution in [0.1, 0.15) is 62.8 Å². The Balaban J connectivity index is 1.77. The van der Waals surface area contributed by atoms with Crippen LogP contribution in [0.15, 0.2) is 46.9 Å². The monoisotopic (exact) mass is 296 g/mol. The molecule has 116 valence electrons. The summed E-state index contributed by atoms with van der Waals surface area (Å²) < 4.78 is 11.6. The minimum Gasteiger partial charge on any atom is -0.497 e. The van der Waals surface area contributed by atoms with E-state index in [-0.39, 0.29) is 0 Å². The van der Waals surface area contributed by atoms with Crippen molar-refractivity contribution in [1.29, 1.82) is 0 Å². The van der Waals surface area contributed by atoms with Crippen LogP contribution in [-0.2, 0) is 4.74 Å². The van der Waals surface area contributed by atoms with E-state index in [2.05, 4.69) is 24.3 Å². The van der Waals surface area contributed by atoms with Crippen LogP contribution in [-0.4, -0.2) is 7.11 Å². The molecule has 0 radical (unpaired) electrons. The Hall–Kier alpha value is -1.70. The molecule has 0 saturated carbocycles. The molecule has 4 rings (SSSR count). The van der Waals surface area contributed by atoms with Gasteiger partial charge in [-0.3, -0.25) is 0 Å². The molecule has 0 atom stereocenters. The van der Waals surface area contributed by atoms with Crippen molar-refractivity contribution >= 4 is 0 Å². The Morgan fingerprint density at radius 1 is 0.818 bits per heavy atom. The highest BCUT2D eigenvalue weighted by Crippen LogP contribution is 2.49. The minimum absolute atomic E-state index is 0.463. The fourth-order valence-corrected chi connectivity index (χ4v) is 4.20. The largest absolute Gasteiger partial charge is 0.497 e. The summed E-state index contributed by atoms with van der Waals surface area (Å²) in [6.07, 6.45) is 9.80. The van der Waals surface area contributed by atoms with Crippen LogP contribution in [0, 0.1) is 0 Å². The molecule has 2 heteroatoms. The molecule has 3 aliphatic rings. The zero-order valence-electron chi connectivity index (χ0n) is 13.4. The number of hydrogen-bond acceptors (Lipinski definition) is 2. The van der Waals surface area contributed by atoms with Gasteiger partial charge in [0.1, 0.15) is 17.3 Å². The Kier molecular flexibility index (Phi) is 3.69. The highest BCUT2D eigenvalue weighted by atomic mass is 16.5. The molecule has 0 unspecified atom stereocenters. The quantitative estimate of drug-likeness (QED) is 0.721. The van der Waals surface area contributed by atoms with Gasteiger partial charge in [-0.25, -0.2) is 0 Å². The summed E-state index contributed by atoms with van der Waals surface area (Å²) >= 11 is 0. The second-order valence-electron chi connectivity index (χ2n) is 6.62. The maximum Gasteiger partial charge on any atom is 0.118 e. The van der Waals surface area contributed by atoms with Crippen molar-refractivity contribution in [3.8, 4) is 5.75 Å².